The van der Waals surface area contributed by atoms with Gasteiger partial charge in [0.1, 0.15) is 0 Å². The van der Waals surface area contributed by atoms with Crippen LogP contribution in [-0.4, -0.2) is 60.2 Å². The van der Waals surface area contributed by atoms with Gasteiger partial charge in [0.05, 0.1) is 5.70 Å². The molecule has 1 aromatic heterocycles. The molecule has 1 saturated heterocycles. The molecule has 27 heavy (non-hydrogen) atoms. The summed E-state index contributed by atoms with van der Waals surface area (Å²) in [5.41, 5.74) is 3.19. The summed E-state index contributed by atoms with van der Waals surface area (Å²) in [5.74, 6) is 1.37. The van der Waals surface area contributed by atoms with Crippen molar-refractivity contribution < 1.29 is 4.79 Å². The molecular weight excluding hydrogens is 342 g/mol. The third-order valence-corrected chi connectivity index (χ3v) is 4.66. The molecule has 3 heterocycles. The van der Waals surface area contributed by atoms with Crippen molar-refractivity contribution in [1.82, 2.24) is 25.7 Å². The lowest BCUT2D eigenvalue weighted by Gasteiger charge is -2.38. The second-order valence-corrected chi connectivity index (χ2v) is 6.38. The van der Waals surface area contributed by atoms with Crippen LogP contribution in [0.4, 0.5) is 5.82 Å². The topological polar surface area (TPSA) is 85.8 Å². The highest BCUT2D eigenvalue weighted by Crippen LogP contribution is 2.20. The summed E-state index contributed by atoms with van der Waals surface area (Å²) >= 11 is 0. The molecule has 2 aliphatic rings. The van der Waals surface area contributed by atoms with E-state index in [0.717, 1.165) is 54.9 Å². The zero-order valence-electron chi connectivity index (χ0n) is 16.0. The lowest BCUT2D eigenvalue weighted by molar-refractivity contribution is 0.0957. The second-order valence-electron chi connectivity index (χ2n) is 6.38. The third kappa shape index (κ3) is 3.99. The minimum Gasteiger partial charge on any atom is -0.354 e. The largest absolute Gasteiger partial charge is 0.354 e. The van der Waals surface area contributed by atoms with Gasteiger partial charge in [-0.05, 0) is 37.6 Å². The predicted molar refractivity (Wildman–Crippen MR) is 106 cm³/mol. The maximum Gasteiger partial charge on any atom is 0.271 e. The fraction of sp³-hybridized carbons (Fsp3) is 0.368. The van der Waals surface area contributed by atoms with E-state index in [4.69, 9.17) is 4.99 Å². The van der Waals surface area contributed by atoms with Crippen LogP contribution in [-0.2, 0) is 0 Å². The number of anilines is 1. The van der Waals surface area contributed by atoms with Gasteiger partial charge in [-0.15, -0.1) is 10.2 Å². The van der Waals surface area contributed by atoms with Gasteiger partial charge in [-0.1, -0.05) is 12.7 Å². The zero-order valence-corrected chi connectivity index (χ0v) is 16.0. The van der Waals surface area contributed by atoms with Crippen LogP contribution >= 0.6 is 0 Å². The van der Waals surface area contributed by atoms with Gasteiger partial charge in [-0.2, -0.15) is 0 Å². The number of carbonyl (C=O) groups excluding carboxylic acids is 1. The van der Waals surface area contributed by atoms with Gasteiger partial charge < -0.3 is 20.4 Å². The number of guanidine groups is 1. The van der Waals surface area contributed by atoms with Crippen molar-refractivity contribution in [3.63, 3.8) is 0 Å². The lowest BCUT2D eigenvalue weighted by Crippen LogP contribution is -2.53. The van der Waals surface area contributed by atoms with Gasteiger partial charge in [0, 0.05) is 38.9 Å². The van der Waals surface area contributed by atoms with Gasteiger partial charge in [0.25, 0.3) is 5.91 Å². The number of carbonyl (C=O) groups is 1. The average molecular weight is 367 g/mol. The van der Waals surface area contributed by atoms with Crippen LogP contribution in [0.1, 0.15) is 24.3 Å². The molecule has 0 unspecified atom stereocenters. The first kappa shape index (κ1) is 18.6. The first-order chi connectivity index (χ1) is 13.0. The van der Waals surface area contributed by atoms with Gasteiger partial charge in [0.2, 0.25) is 5.96 Å². The Bertz CT molecular complexity index is 815. The van der Waals surface area contributed by atoms with E-state index in [0.29, 0.717) is 5.69 Å². The molecule has 142 valence electrons. The monoisotopic (exact) mass is 367 g/mol. The Morgan fingerprint density at radius 2 is 1.93 bits per heavy atom. The van der Waals surface area contributed by atoms with Gasteiger partial charge in [-0.25, -0.2) is 4.99 Å². The molecule has 2 N–H and O–H groups in total. The first-order valence-corrected chi connectivity index (χ1v) is 8.97. The highest BCUT2D eigenvalue weighted by atomic mass is 16.1. The van der Waals surface area contributed by atoms with Crippen LogP contribution in [0.5, 0.6) is 0 Å². The maximum absolute atomic E-state index is 11.6. The molecule has 8 heteroatoms. The Morgan fingerprint density at radius 1 is 1.22 bits per heavy atom. The van der Waals surface area contributed by atoms with Crippen molar-refractivity contribution in [2.75, 3.05) is 38.1 Å². The number of allylic oxidation sites excluding steroid dienone is 3. The molecule has 0 atom stereocenters. The van der Waals surface area contributed by atoms with Crippen LogP contribution in [0.25, 0.3) is 0 Å². The highest BCUT2D eigenvalue weighted by molar-refractivity contribution is 5.91. The number of nitrogens with one attached hydrogen (secondary N) is 2. The molecule has 1 amide bonds. The van der Waals surface area contributed by atoms with E-state index >= 15 is 0 Å². The van der Waals surface area contributed by atoms with E-state index in [-0.39, 0.29) is 5.91 Å². The Morgan fingerprint density at radius 3 is 2.52 bits per heavy atom. The molecule has 0 aliphatic carbocycles. The number of hydrogen-bond acceptors (Lipinski definition) is 7. The summed E-state index contributed by atoms with van der Waals surface area (Å²) < 4.78 is 0. The van der Waals surface area contributed by atoms with Gasteiger partial charge in [0.15, 0.2) is 11.5 Å². The van der Waals surface area contributed by atoms with Crippen molar-refractivity contribution in [1.29, 1.82) is 0 Å². The van der Waals surface area contributed by atoms with Crippen LogP contribution in [0, 0.1) is 0 Å². The number of amides is 1. The fourth-order valence-electron chi connectivity index (χ4n) is 2.97. The highest BCUT2D eigenvalue weighted by Gasteiger charge is 2.24. The van der Waals surface area contributed by atoms with Crippen LogP contribution < -0.4 is 15.5 Å². The van der Waals surface area contributed by atoms with Gasteiger partial charge in [-0.3, -0.25) is 4.79 Å². The Kier molecular flexibility index (Phi) is 5.54. The van der Waals surface area contributed by atoms with E-state index in [2.05, 4.69) is 37.2 Å². The molecule has 0 bridgehead atoms. The van der Waals surface area contributed by atoms with E-state index in [1.807, 2.05) is 32.1 Å². The summed E-state index contributed by atoms with van der Waals surface area (Å²) in [7, 11) is 1.58. The lowest BCUT2D eigenvalue weighted by atomic mass is 10.1. The molecule has 3 rings (SSSR count). The van der Waals surface area contributed by atoms with Crippen LogP contribution in [0.15, 0.2) is 52.8 Å². The second kappa shape index (κ2) is 8.03. The Balaban J connectivity index is 1.66. The van der Waals surface area contributed by atoms with Crippen molar-refractivity contribution in [2.24, 2.45) is 4.99 Å². The van der Waals surface area contributed by atoms with E-state index in [1.165, 1.54) is 0 Å². The number of nitrogens with zero attached hydrogens (tertiary/aromatic N) is 5. The Labute approximate surface area is 159 Å². The normalized spacial score (nSPS) is 17.9. The minimum absolute atomic E-state index is 0.235. The number of piperazine rings is 1. The van der Waals surface area contributed by atoms with Crippen molar-refractivity contribution in [2.45, 2.75) is 13.8 Å². The van der Waals surface area contributed by atoms with Crippen LogP contribution in [0.2, 0.25) is 0 Å². The smallest absolute Gasteiger partial charge is 0.271 e. The third-order valence-electron chi connectivity index (χ3n) is 4.66. The van der Waals surface area contributed by atoms with Gasteiger partial charge >= 0.3 is 0 Å². The fourth-order valence-corrected chi connectivity index (χ4v) is 2.97. The number of hydrogen-bond donors (Lipinski definition) is 2. The quantitative estimate of drug-likeness (QED) is 0.837. The van der Waals surface area contributed by atoms with Crippen molar-refractivity contribution >= 4 is 17.7 Å². The summed E-state index contributed by atoms with van der Waals surface area (Å²) in [6, 6.07) is 3.53. The summed E-state index contributed by atoms with van der Waals surface area (Å²) in [6.45, 7) is 11.3. The summed E-state index contributed by atoms with van der Waals surface area (Å²) in [6.07, 6.45) is 3.98. The molecule has 1 fully saturated rings. The predicted octanol–water partition coefficient (Wildman–Crippen LogP) is 1.28. The molecule has 0 radical (unpaired) electrons. The van der Waals surface area contributed by atoms with Crippen molar-refractivity contribution in [3.8, 4) is 0 Å². The van der Waals surface area contributed by atoms with E-state index in [1.54, 1.807) is 13.1 Å². The van der Waals surface area contributed by atoms with E-state index in [9.17, 15) is 4.79 Å². The number of aliphatic imine (C=N–C) groups is 1. The zero-order chi connectivity index (χ0) is 19.4. The molecule has 8 nitrogen and oxygen atoms in total. The molecule has 0 aromatic carbocycles. The SMILES string of the molecule is C=C1NC(N2CCN(c3ccc(C(=O)NC)nn3)CC2)=NC(/C=C\C)=C1C. The molecule has 2 aliphatic heterocycles. The molecule has 0 spiro atoms. The first-order valence-electron chi connectivity index (χ1n) is 8.97. The number of aromatic nitrogens is 2. The van der Waals surface area contributed by atoms with Crippen molar-refractivity contribution in [3.05, 3.63) is 53.5 Å². The molecular formula is C19H25N7O. The summed E-state index contributed by atoms with van der Waals surface area (Å²) in [4.78, 5) is 20.7. The molecule has 0 saturated carbocycles. The minimum atomic E-state index is -0.235. The number of rotatable bonds is 3. The molecule has 1 aromatic rings. The van der Waals surface area contributed by atoms with Crippen LogP contribution in [0.3, 0.4) is 0 Å². The Hall–Kier alpha value is -3.16. The standard InChI is InChI=1S/C19H25N7O/c1-5-6-15-13(2)14(3)21-19(22-15)26-11-9-25(10-12-26)17-8-7-16(23-24-17)18(27)20-4/h5-8H,3,9-12H2,1-2,4H3,(H,20,27)(H,21,22)/b6-5-. The van der Waals surface area contributed by atoms with E-state index < -0.39 is 0 Å². The summed E-state index contributed by atoms with van der Waals surface area (Å²) in [5, 5.41) is 14.0. The average Bonchev–Trinajstić information content (AvgIpc) is 2.71. The maximum atomic E-state index is 11.6.